The predicted molar refractivity (Wildman–Crippen MR) is 63.6 cm³/mol. The molecule has 0 bridgehead atoms. The minimum atomic E-state index is 0.245. The van der Waals surface area contributed by atoms with Crippen molar-refractivity contribution >= 4 is 5.91 Å². The predicted octanol–water partition coefficient (Wildman–Crippen LogP) is 3.07. The SMILES string of the molecule is CC[C@@H]1C[C@H](C(C)(C)C)CCN1C(C)=O. The van der Waals surface area contributed by atoms with Gasteiger partial charge < -0.3 is 4.90 Å². The molecule has 1 rings (SSSR count). The first-order chi connectivity index (χ1) is 6.86. The topological polar surface area (TPSA) is 20.3 Å². The molecule has 1 aliphatic rings. The lowest BCUT2D eigenvalue weighted by molar-refractivity contribution is -0.134. The molecule has 1 amide bonds. The lowest BCUT2D eigenvalue weighted by Gasteiger charge is -2.43. The van der Waals surface area contributed by atoms with Crippen LogP contribution < -0.4 is 0 Å². The molecule has 0 radical (unpaired) electrons. The van der Waals surface area contributed by atoms with Crippen molar-refractivity contribution in [3.63, 3.8) is 0 Å². The molecular weight excluding hydrogens is 186 g/mol. The quantitative estimate of drug-likeness (QED) is 0.652. The second kappa shape index (κ2) is 4.54. The lowest BCUT2D eigenvalue weighted by Crippen LogP contribution is -2.47. The molecule has 0 aromatic rings. The van der Waals surface area contributed by atoms with Crippen LogP contribution in [0, 0.1) is 11.3 Å². The number of hydrogen-bond donors (Lipinski definition) is 0. The maximum absolute atomic E-state index is 11.5. The van der Waals surface area contributed by atoms with Gasteiger partial charge in [0.05, 0.1) is 0 Å². The van der Waals surface area contributed by atoms with Gasteiger partial charge >= 0.3 is 0 Å². The molecule has 1 aliphatic heterocycles. The minimum Gasteiger partial charge on any atom is -0.340 e. The number of carbonyl (C=O) groups excluding carboxylic acids is 1. The van der Waals surface area contributed by atoms with Gasteiger partial charge in [-0.2, -0.15) is 0 Å². The normalized spacial score (nSPS) is 27.9. The molecule has 0 N–H and O–H groups in total. The maximum atomic E-state index is 11.5. The van der Waals surface area contributed by atoms with Crippen LogP contribution in [0.2, 0.25) is 0 Å². The molecule has 1 fully saturated rings. The van der Waals surface area contributed by atoms with E-state index in [9.17, 15) is 4.79 Å². The van der Waals surface area contributed by atoms with E-state index < -0.39 is 0 Å². The molecule has 0 aromatic heterocycles. The Morgan fingerprint density at radius 3 is 2.40 bits per heavy atom. The molecule has 15 heavy (non-hydrogen) atoms. The molecule has 2 heteroatoms. The van der Waals surface area contributed by atoms with Crippen molar-refractivity contribution < 1.29 is 4.79 Å². The highest BCUT2D eigenvalue weighted by molar-refractivity contribution is 5.73. The Balaban J connectivity index is 2.67. The number of carbonyl (C=O) groups is 1. The molecule has 0 spiro atoms. The molecular formula is C13H25NO. The molecule has 0 saturated carbocycles. The van der Waals surface area contributed by atoms with Gasteiger partial charge in [-0.15, -0.1) is 0 Å². The second-order valence-corrected chi connectivity index (χ2v) is 5.86. The summed E-state index contributed by atoms with van der Waals surface area (Å²) in [6.45, 7) is 11.8. The number of hydrogen-bond acceptors (Lipinski definition) is 1. The molecule has 1 saturated heterocycles. The van der Waals surface area contributed by atoms with Crippen LogP contribution in [0.4, 0.5) is 0 Å². The van der Waals surface area contributed by atoms with Crippen LogP contribution in [0.25, 0.3) is 0 Å². The van der Waals surface area contributed by atoms with Gasteiger partial charge in [0.1, 0.15) is 0 Å². The van der Waals surface area contributed by atoms with Gasteiger partial charge in [0.25, 0.3) is 0 Å². The van der Waals surface area contributed by atoms with Crippen LogP contribution in [-0.2, 0) is 4.79 Å². The highest BCUT2D eigenvalue weighted by atomic mass is 16.2. The van der Waals surface area contributed by atoms with Gasteiger partial charge in [0, 0.05) is 19.5 Å². The Morgan fingerprint density at radius 2 is 2.00 bits per heavy atom. The monoisotopic (exact) mass is 211 g/mol. The molecule has 2 nitrogen and oxygen atoms in total. The van der Waals surface area contributed by atoms with Crippen LogP contribution in [0.3, 0.4) is 0 Å². The van der Waals surface area contributed by atoms with Gasteiger partial charge in [0.2, 0.25) is 5.91 Å². The van der Waals surface area contributed by atoms with Crippen molar-refractivity contribution in [2.75, 3.05) is 6.54 Å². The van der Waals surface area contributed by atoms with E-state index in [1.807, 2.05) is 0 Å². The average Bonchev–Trinajstić information content (AvgIpc) is 2.15. The minimum absolute atomic E-state index is 0.245. The number of amides is 1. The second-order valence-electron chi connectivity index (χ2n) is 5.86. The third kappa shape index (κ3) is 2.96. The molecule has 0 unspecified atom stereocenters. The van der Waals surface area contributed by atoms with E-state index in [1.54, 1.807) is 6.92 Å². The number of nitrogens with zero attached hydrogens (tertiary/aromatic N) is 1. The van der Waals surface area contributed by atoms with Crippen LogP contribution in [-0.4, -0.2) is 23.4 Å². The standard InChI is InChI=1S/C13H25NO/c1-6-12-9-11(13(3,4)5)7-8-14(12)10(2)15/h11-12H,6-9H2,1-5H3/t11-,12-/m1/s1. The summed E-state index contributed by atoms with van der Waals surface area (Å²) in [6.07, 6.45) is 3.44. The van der Waals surface area contributed by atoms with Crippen molar-refractivity contribution in [3.8, 4) is 0 Å². The van der Waals surface area contributed by atoms with Crippen molar-refractivity contribution in [2.45, 2.75) is 59.9 Å². The number of likely N-dealkylation sites (tertiary alicyclic amines) is 1. The largest absolute Gasteiger partial charge is 0.340 e. The van der Waals surface area contributed by atoms with E-state index in [-0.39, 0.29) is 5.91 Å². The Bertz CT molecular complexity index is 229. The molecule has 0 aliphatic carbocycles. The van der Waals surface area contributed by atoms with Gasteiger partial charge in [-0.25, -0.2) is 0 Å². The number of rotatable bonds is 1. The first-order valence-electron chi connectivity index (χ1n) is 6.13. The van der Waals surface area contributed by atoms with Crippen molar-refractivity contribution in [2.24, 2.45) is 11.3 Å². The van der Waals surface area contributed by atoms with Gasteiger partial charge in [-0.1, -0.05) is 27.7 Å². The fourth-order valence-corrected chi connectivity index (χ4v) is 2.64. The van der Waals surface area contributed by atoms with E-state index in [0.717, 1.165) is 18.9 Å². The van der Waals surface area contributed by atoms with E-state index in [4.69, 9.17) is 0 Å². The Kier molecular flexibility index (Phi) is 3.80. The highest BCUT2D eigenvalue weighted by Gasteiger charge is 2.34. The van der Waals surface area contributed by atoms with Crippen molar-refractivity contribution in [3.05, 3.63) is 0 Å². The van der Waals surface area contributed by atoms with Crippen molar-refractivity contribution in [1.29, 1.82) is 0 Å². The Morgan fingerprint density at radius 1 is 1.40 bits per heavy atom. The zero-order valence-corrected chi connectivity index (χ0v) is 10.8. The summed E-state index contributed by atoms with van der Waals surface area (Å²) < 4.78 is 0. The summed E-state index contributed by atoms with van der Waals surface area (Å²) in [7, 11) is 0. The fourth-order valence-electron chi connectivity index (χ4n) is 2.64. The van der Waals surface area contributed by atoms with E-state index in [2.05, 4.69) is 32.6 Å². The summed E-state index contributed by atoms with van der Waals surface area (Å²) in [4.78, 5) is 13.5. The third-order valence-corrected chi connectivity index (χ3v) is 3.82. The fraction of sp³-hybridized carbons (Fsp3) is 0.923. The molecule has 1 heterocycles. The van der Waals surface area contributed by atoms with Crippen LogP contribution in [0.1, 0.15) is 53.9 Å². The summed E-state index contributed by atoms with van der Waals surface area (Å²) in [6, 6.07) is 0.473. The summed E-state index contributed by atoms with van der Waals surface area (Å²) >= 11 is 0. The van der Waals surface area contributed by atoms with Gasteiger partial charge in [-0.3, -0.25) is 4.79 Å². The lowest BCUT2D eigenvalue weighted by atomic mass is 9.73. The summed E-state index contributed by atoms with van der Waals surface area (Å²) in [5.74, 6) is 1.01. The first kappa shape index (κ1) is 12.5. The summed E-state index contributed by atoms with van der Waals surface area (Å²) in [5, 5.41) is 0. The van der Waals surface area contributed by atoms with Crippen molar-refractivity contribution in [1.82, 2.24) is 4.90 Å². The molecule has 88 valence electrons. The van der Waals surface area contributed by atoms with E-state index in [0.29, 0.717) is 11.5 Å². The summed E-state index contributed by atoms with van der Waals surface area (Å²) in [5.41, 5.74) is 0.385. The Hall–Kier alpha value is -0.530. The van der Waals surface area contributed by atoms with Crippen LogP contribution in [0.5, 0.6) is 0 Å². The van der Waals surface area contributed by atoms with E-state index >= 15 is 0 Å². The maximum Gasteiger partial charge on any atom is 0.219 e. The third-order valence-electron chi connectivity index (χ3n) is 3.82. The zero-order chi connectivity index (χ0) is 11.6. The van der Waals surface area contributed by atoms with E-state index in [1.165, 1.54) is 12.8 Å². The van der Waals surface area contributed by atoms with Gasteiger partial charge in [-0.05, 0) is 30.6 Å². The van der Waals surface area contributed by atoms with Crippen LogP contribution >= 0.6 is 0 Å². The molecule has 2 atom stereocenters. The van der Waals surface area contributed by atoms with Gasteiger partial charge in [0.15, 0.2) is 0 Å². The first-order valence-corrected chi connectivity index (χ1v) is 6.13. The average molecular weight is 211 g/mol. The van der Waals surface area contributed by atoms with Crippen LogP contribution in [0.15, 0.2) is 0 Å². The number of piperidine rings is 1. The smallest absolute Gasteiger partial charge is 0.219 e. The molecule has 0 aromatic carbocycles. The zero-order valence-electron chi connectivity index (χ0n) is 10.8. The Labute approximate surface area is 94.0 Å². The highest BCUT2D eigenvalue weighted by Crippen LogP contribution is 2.37.